The average molecular weight is 235 g/mol. The molecule has 0 bridgehead atoms. The van der Waals surface area contributed by atoms with Gasteiger partial charge in [0.05, 0.1) is 0 Å². The van der Waals surface area contributed by atoms with E-state index in [-0.39, 0.29) is 24.4 Å². The fourth-order valence-corrected chi connectivity index (χ4v) is 0.738. The van der Waals surface area contributed by atoms with Gasteiger partial charge in [0.2, 0.25) is 0 Å². The van der Waals surface area contributed by atoms with E-state index in [4.69, 9.17) is 10.00 Å². The van der Waals surface area contributed by atoms with Crippen LogP contribution in [0.1, 0.15) is 6.92 Å². The fraction of sp³-hybridized carbons (Fsp3) is 0.250. The zero-order valence-corrected chi connectivity index (χ0v) is 9.56. The molecule has 0 aromatic rings. The molecule has 5 heteroatoms. The van der Waals surface area contributed by atoms with Gasteiger partial charge in [0.1, 0.15) is 24.9 Å². The SMILES string of the molecule is C=C/C=C(\C#N)C(=O)OCCOC(=O)C(=C)C. The Balaban J connectivity index is 3.99. The smallest absolute Gasteiger partial charge is 0.349 e. The first-order valence-corrected chi connectivity index (χ1v) is 4.75. The Kier molecular flexibility index (Phi) is 6.79. The lowest BCUT2D eigenvalue weighted by Gasteiger charge is -2.05. The molecule has 0 aliphatic carbocycles. The van der Waals surface area contributed by atoms with E-state index in [9.17, 15) is 9.59 Å². The number of nitriles is 1. The number of nitrogens with zero attached hydrogens (tertiary/aromatic N) is 1. The van der Waals surface area contributed by atoms with E-state index in [0.717, 1.165) is 0 Å². The van der Waals surface area contributed by atoms with E-state index in [1.165, 1.54) is 19.1 Å². The molecule has 0 aliphatic heterocycles. The molecule has 0 radical (unpaired) electrons. The predicted molar refractivity (Wildman–Crippen MR) is 60.6 cm³/mol. The van der Waals surface area contributed by atoms with Crippen LogP contribution in [0.3, 0.4) is 0 Å². The van der Waals surface area contributed by atoms with Gasteiger partial charge < -0.3 is 9.47 Å². The lowest BCUT2D eigenvalue weighted by Crippen LogP contribution is -2.14. The summed E-state index contributed by atoms with van der Waals surface area (Å²) in [5.41, 5.74) is 0.104. The first kappa shape index (κ1) is 14.6. The third-order valence-electron chi connectivity index (χ3n) is 1.52. The van der Waals surface area contributed by atoms with Crippen molar-refractivity contribution in [2.45, 2.75) is 6.92 Å². The van der Waals surface area contributed by atoms with Crippen LogP contribution in [0.15, 0.2) is 36.5 Å². The van der Waals surface area contributed by atoms with Gasteiger partial charge in [-0.3, -0.25) is 0 Å². The second-order valence-electron chi connectivity index (χ2n) is 2.98. The Labute approximate surface area is 99.6 Å². The van der Waals surface area contributed by atoms with Crippen molar-refractivity contribution in [1.29, 1.82) is 5.26 Å². The summed E-state index contributed by atoms with van der Waals surface area (Å²) in [4.78, 5) is 22.2. The van der Waals surface area contributed by atoms with Crippen LogP contribution in [0.2, 0.25) is 0 Å². The van der Waals surface area contributed by atoms with Crippen molar-refractivity contribution in [3.05, 3.63) is 36.5 Å². The predicted octanol–water partition coefficient (Wildman–Crippen LogP) is 1.28. The van der Waals surface area contributed by atoms with Gasteiger partial charge in [-0.2, -0.15) is 5.26 Å². The van der Waals surface area contributed by atoms with Gasteiger partial charge in [0.25, 0.3) is 0 Å². The standard InChI is InChI=1S/C12H13NO4/c1-4-5-10(8-13)12(15)17-7-6-16-11(14)9(2)3/h4-5H,1-2,6-7H2,3H3/b10-5+. The number of hydrogen-bond donors (Lipinski definition) is 0. The molecule has 0 fully saturated rings. The molecule has 0 unspecified atom stereocenters. The highest BCUT2D eigenvalue weighted by Crippen LogP contribution is 1.97. The number of carbonyl (C=O) groups is 2. The quantitative estimate of drug-likeness (QED) is 0.228. The van der Waals surface area contributed by atoms with Crippen LogP contribution in [0.5, 0.6) is 0 Å². The third kappa shape index (κ3) is 5.95. The van der Waals surface area contributed by atoms with Gasteiger partial charge in [-0.25, -0.2) is 9.59 Å². The minimum Gasteiger partial charge on any atom is -0.459 e. The summed E-state index contributed by atoms with van der Waals surface area (Å²) in [6.07, 6.45) is 2.54. The van der Waals surface area contributed by atoms with Crippen LogP contribution in [-0.4, -0.2) is 25.2 Å². The van der Waals surface area contributed by atoms with E-state index in [0.29, 0.717) is 0 Å². The normalized spacial score (nSPS) is 10.0. The van der Waals surface area contributed by atoms with Crippen LogP contribution in [-0.2, 0) is 19.1 Å². The first-order valence-electron chi connectivity index (χ1n) is 4.75. The molecule has 17 heavy (non-hydrogen) atoms. The maximum Gasteiger partial charge on any atom is 0.349 e. The van der Waals surface area contributed by atoms with Crippen LogP contribution in [0.4, 0.5) is 0 Å². The Bertz CT molecular complexity index is 401. The molecule has 0 atom stereocenters. The molecule has 0 spiro atoms. The van der Waals surface area contributed by atoms with E-state index >= 15 is 0 Å². The van der Waals surface area contributed by atoms with Gasteiger partial charge in [-0.15, -0.1) is 0 Å². The van der Waals surface area contributed by atoms with Gasteiger partial charge >= 0.3 is 11.9 Å². The van der Waals surface area contributed by atoms with E-state index in [2.05, 4.69) is 17.9 Å². The van der Waals surface area contributed by atoms with Crippen molar-refractivity contribution < 1.29 is 19.1 Å². The second-order valence-corrected chi connectivity index (χ2v) is 2.98. The molecule has 0 saturated carbocycles. The van der Waals surface area contributed by atoms with Crippen molar-refractivity contribution in [2.75, 3.05) is 13.2 Å². The Morgan fingerprint density at radius 3 is 2.24 bits per heavy atom. The highest BCUT2D eigenvalue weighted by molar-refractivity contribution is 5.93. The van der Waals surface area contributed by atoms with Gasteiger partial charge in [0.15, 0.2) is 0 Å². The minimum atomic E-state index is -0.779. The number of carbonyl (C=O) groups excluding carboxylic acids is 2. The number of allylic oxidation sites excluding steroid dienone is 2. The zero-order valence-electron chi connectivity index (χ0n) is 9.56. The van der Waals surface area contributed by atoms with Crippen LogP contribution >= 0.6 is 0 Å². The van der Waals surface area contributed by atoms with Crippen molar-refractivity contribution in [3.8, 4) is 6.07 Å². The van der Waals surface area contributed by atoms with Crippen LogP contribution in [0, 0.1) is 11.3 Å². The molecule has 0 N–H and O–H groups in total. The lowest BCUT2D eigenvalue weighted by atomic mass is 10.3. The fourth-order valence-electron chi connectivity index (χ4n) is 0.738. The molecule has 0 saturated heterocycles. The zero-order chi connectivity index (χ0) is 13.3. The van der Waals surface area contributed by atoms with Gasteiger partial charge in [0, 0.05) is 5.57 Å². The monoisotopic (exact) mass is 235 g/mol. The third-order valence-corrected chi connectivity index (χ3v) is 1.52. The number of esters is 2. The van der Waals surface area contributed by atoms with Crippen LogP contribution in [0.25, 0.3) is 0 Å². The van der Waals surface area contributed by atoms with Crippen molar-refractivity contribution in [2.24, 2.45) is 0 Å². The van der Waals surface area contributed by atoms with E-state index in [1.54, 1.807) is 6.07 Å². The molecule has 0 aliphatic rings. The van der Waals surface area contributed by atoms with Gasteiger partial charge in [-0.1, -0.05) is 19.2 Å². The van der Waals surface area contributed by atoms with Gasteiger partial charge in [-0.05, 0) is 13.0 Å². The first-order chi connectivity index (χ1) is 8.02. The maximum absolute atomic E-state index is 11.2. The molecule has 0 amide bonds. The second kappa shape index (κ2) is 7.88. The molecule has 0 aromatic heterocycles. The highest BCUT2D eigenvalue weighted by Gasteiger charge is 2.09. The average Bonchev–Trinajstić information content (AvgIpc) is 2.30. The molecule has 0 aromatic carbocycles. The summed E-state index contributed by atoms with van der Waals surface area (Å²) in [6, 6.07) is 1.66. The molecule has 0 rings (SSSR count). The van der Waals surface area contributed by atoms with Crippen molar-refractivity contribution >= 4 is 11.9 Å². The number of rotatable bonds is 6. The molecular formula is C12H13NO4. The topological polar surface area (TPSA) is 76.4 Å². The molecule has 5 nitrogen and oxygen atoms in total. The van der Waals surface area contributed by atoms with E-state index < -0.39 is 11.9 Å². The summed E-state index contributed by atoms with van der Waals surface area (Å²) in [7, 11) is 0. The Morgan fingerprint density at radius 2 is 1.82 bits per heavy atom. The highest BCUT2D eigenvalue weighted by atomic mass is 16.6. The summed E-state index contributed by atoms with van der Waals surface area (Å²) in [6.45, 7) is 8.06. The maximum atomic E-state index is 11.2. The van der Waals surface area contributed by atoms with Crippen molar-refractivity contribution in [1.82, 2.24) is 0 Å². The van der Waals surface area contributed by atoms with Crippen LogP contribution < -0.4 is 0 Å². The Hall–Kier alpha value is -2.35. The Morgan fingerprint density at radius 1 is 1.29 bits per heavy atom. The summed E-state index contributed by atoms with van der Waals surface area (Å²) in [5, 5.41) is 8.58. The molecule has 0 heterocycles. The summed E-state index contributed by atoms with van der Waals surface area (Å²) in [5.74, 6) is -1.33. The van der Waals surface area contributed by atoms with E-state index in [1.807, 2.05) is 0 Å². The largest absolute Gasteiger partial charge is 0.459 e. The lowest BCUT2D eigenvalue weighted by molar-refractivity contribution is -0.147. The molecular weight excluding hydrogens is 222 g/mol. The number of hydrogen-bond acceptors (Lipinski definition) is 5. The van der Waals surface area contributed by atoms with Crippen molar-refractivity contribution in [3.63, 3.8) is 0 Å². The minimum absolute atomic E-state index is 0.0791. The number of ether oxygens (including phenoxy) is 2. The summed E-state index contributed by atoms with van der Waals surface area (Å²) < 4.78 is 9.38. The summed E-state index contributed by atoms with van der Waals surface area (Å²) >= 11 is 0. The molecule has 90 valence electrons.